The van der Waals surface area contributed by atoms with Crippen LogP contribution >= 0.6 is 23.4 Å². The first kappa shape index (κ1) is 19.6. The molecule has 8 heteroatoms. The van der Waals surface area contributed by atoms with Gasteiger partial charge in [-0.25, -0.2) is 4.98 Å². The molecule has 0 aliphatic rings. The number of amides is 1. The fourth-order valence-corrected chi connectivity index (χ4v) is 3.28. The fourth-order valence-electron chi connectivity index (χ4n) is 2.46. The van der Waals surface area contributed by atoms with Crippen molar-refractivity contribution in [3.8, 4) is 5.75 Å². The van der Waals surface area contributed by atoms with Crippen molar-refractivity contribution in [1.29, 1.82) is 0 Å². The van der Waals surface area contributed by atoms with Crippen molar-refractivity contribution in [1.82, 2.24) is 20.1 Å². The van der Waals surface area contributed by atoms with Crippen LogP contribution in [0, 0.1) is 0 Å². The number of carbonyl (C=O) groups excluding carboxylic acids is 1. The van der Waals surface area contributed by atoms with Crippen molar-refractivity contribution < 1.29 is 9.53 Å². The predicted molar refractivity (Wildman–Crippen MR) is 100 cm³/mol. The highest BCUT2D eigenvalue weighted by Crippen LogP contribution is 2.18. The number of hydrogen-bond acceptors (Lipinski definition) is 5. The second-order valence-electron chi connectivity index (χ2n) is 6.08. The fraction of sp³-hybridized carbons (Fsp3) is 0.471. The van der Waals surface area contributed by atoms with E-state index in [0.29, 0.717) is 27.5 Å². The molecule has 0 saturated carbocycles. The summed E-state index contributed by atoms with van der Waals surface area (Å²) in [6, 6.07) is 7.45. The van der Waals surface area contributed by atoms with E-state index in [4.69, 9.17) is 16.3 Å². The molecule has 0 radical (unpaired) electrons. The molecule has 1 aromatic carbocycles. The number of aromatic amines is 1. The Morgan fingerprint density at radius 1 is 1.24 bits per heavy atom. The van der Waals surface area contributed by atoms with E-state index in [0.717, 1.165) is 0 Å². The van der Waals surface area contributed by atoms with E-state index in [9.17, 15) is 4.79 Å². The number of H-pyrrole nitrogens is 1. The summed E-state index contributed by atoms with van der Waals surface area (Å²) in [5.41, 5.74) is 0. The molecule has 0 unspecified atom stereocenters. The van der Waals surface area contributed by atoms with Gasteiger partial charge in [-0.15, -0.1) is 5.10 Å². The third kappa shape index (κ3) is 5.93. The molecule has 1 heterocycles. The van der Waals surface area contributed by atoms with Gasteiger partial charge >= 0.3 is 0 Å². The number of hydrogen-bond donors (Lipinski definition) is 1. The average molecular weight is 383 g/mol. The van der Waals surface area contributed by atoms with Gasteiger partial charge in [0.2, 0.25) is 11.1 Å². The van der Waals surface area contributed by atoms with Crippen molar-refractivity contribution in [2.24, 2.45) is 0 Å². The number of carbonyl (C=O) groups is 1. The Bertz CT molecular complexity index is 680. The Balaban J connectivity index is 1.84. The molecule has 1 amide bonds. The summed E-state index contributed by atoms with van der Waals surface area (Å²) in [6.45, 7) is 8.33. The van der Waals surface area contributed by atoms with Gasteiger partial charge in [0.15, 0.2) is 5.82 Å². The number of rotatable bonds is 8. The maximum Gasteiger partial charge on any atom is 0.233 e. The van der Waals surface area contributed by atoms with E-state index in [1.165, 1.54) is 11.8 Å². The molecule has 136 valence electrons. The normalized spacial score (nSPS) is 11.2. The summed E-state index contributed by atoms with van der Waals surface area (Å²) in [5.74, 6) is 1.70. The predicted octanol–water partition coefficient (Wildman–Crippen LogP) is 3.77. The number of nitrogens with one attached hydrogen (secondary N) is 1. The van der Waals surface area contributed by atoms with Crippen LogP contribution in [0.4, 0.5) is 0 Å². The molecular weight excluding hydrogens is 360 g/mol. The molecular formula is C17H23ClN4O2S. The molecule has 0 spiro atoms. The number of aromatic nitrogens is 3. The lowest BCUT2D eigenvalue weighted by Crippen LogP contribution is -2.43. The zero-order valence-electron chi connectivity index (χ0n) is 14.8. The zero-order chi connectivity index (χ0) is 18.4. The Morgan fingerprint density at radius 2 is 1.88 bits per heavy atom. The third-order valence-corrected chi connectivity index (χ3v) is 4.51. The Labute approximate surface area is 157 Å². The molecule has 2 aromatic rings. The largest absolute Gasteiger partial charge is 0.486 e. The molecule has 0 bridgehead atoms. The minimum atomic E-state index is 0.0822. The van der Waals surface area contributed by atoms with Gasteiger partial charge in [-0.1, -0.05) is 23.4 Å². The van der Waals surface area contributed by atoms with Gasteiger partial charge in [-0.2, -0.15) is 0 Å². The first-order valence-corrected chi connectivity index (χ1v) is 9.46. The van der Waals surface area contributed by atoms with Gasteiger partial charge in [0.05, 0.1) is 5.75 Å². The van der Waals surface area contributed by atoms with Crippen molar-refractivity contribution in [3.63, 3.8) is 0 Å². The van der Waals surface area contributed by atoms with E-state index in [1.807, 2.05) is 32.6 Å². The van der Waals surface area contributed by atoms with Crippen LogP contribution in [-0.4, -0.2) is 43.8 Å². The topological polar surface area (TPSA) is 71.1 Å². The summed E-state index contributed by atoms with van der Waals surface area (Å²) in [4.78, 5) is 18.6. The summed E-state index contributed by atoms with van der Waals surface area (Å²) in [6.07, 6.45) is 0. The Hall–Kier alpha value is -1.73. The van der Waals surface area contributed by atoms with E-state index < -0.39 is 0 Å². The van der Waals surface area contributed by atoms with E-state index >= 15 is 0 Å². The summed E-state index contributed by atoms with van der Waals surface area (Å²) in [7, 11) is 0. The van der Waals surface area contributed by atoms with Crippen molar-refractivity contribution in [2.45, 2.75) is 51.5 Å². The minimum Gasteiger partial charge on any atom is -0.486 e. The van der Waals surface area contributed by atoms with E-state index in [-0.39, 0.29) is 24.6 Å². The van der Waals surface area contributed by atoms with Crippen LogP contribution in [0.3, 0.4) is 0 Å². The molecule has 2 rings (SSSR count). The highest BCUT2D eigenvalue weighted by Gasteiger charge is 2.20. The first-order chi connectivity index (χ1) is 11.9. The molecule has 0 aliphatic carbocycles. The molecule has 1 aromatic heterocycles. The number of ether oxygens (including phenoxy) is 1. The highest BCUT2D eigenvalue weighted by atomic mass is 35.5. The number of benzene rings is 1. The van der Waals surface area contributed by atoms with Crippen molar-refractivity contribution >= 4 is 29.3 Å². The van der Waals surface area contributed by atoms with E-state index in [1.54, 1.807) is 24.3 Å². The molecule has 0 aliphatic heterocycles. The van der Waals surface area contributed by atoms with Gasteiger partial charge in [0, 0.05) is 17.1 Å². The number of halogens is 1. The molecule has 25 heavy (non-hydrogen) atoms. The molecule has 0 atom stereocenters. The number of nitrogens with zero attached hydrogens (tertiary/aromatic N) is 3. The van der Waals surface area contributed by atoms with E-state index in [2.05, 4.69) is 15.2 Å². The van der Waals surface area contributed by atoms with Crippen LogP contribution in [0.5, 0.6) is 5.75 Å². The molecule has 0 fully saturated rings. The summed E-state index contributed by atoms with van der Waals surface area (Å²) >= 11 is 7.15. The van der Waals surface area contributed by atoms with Gasteiger partial charge in [-0.3, -0.25) is 9.89 Å². The van der Waals surface area contributed by atoms with Gasteiger partial charge in [0.1, 0.15) is 12.4 Å². The summed E-state index contributed by atoms with van der Waals surface area (Å²) in [5, 5.41) is 8.14. The third-order valence-electron chi connectivity index (χ3n) is 3.43. The Kier molecular flexibility index (Phi) is 7.13. The smallest absolute Gasteiger partial charge is 0.233 e. The lowest BCUT2D eigenvalue weighted by atomic mass is 10.2. The van der Waals surface area contributed by atoms with Gasteiger partial charge < -0.3 is 9.64 Å². The van der Waals surface area contributed by atoms with Crippen LogP contribution in [0.25, 0.3) is 0 Å². The molecule has 0 saturated heterocycles. The van der Waals surface area contributed by atoms with Gasteiger partial charge in [-0.05, 0) is 52.0 Å². The maximum absolute atomic E-state index is 12.3. The van der Waals surface area contributed by atoms with Crippen LogP contribution in [-0.2, 0) is 11.4 Å². The zero-order valence-corrected chi connectivity index (χ0v) is 16.4. The molecule has 6 nitrogen and oxygen atoms in total. The Morgan fingerprint density at radius 3 is 2.48 bits per heavy atom. The summed E-state index contributed by atoms with van der Waals surface area (Å²) < 4.78 is 5.61. The van der Waals surface area contributed by atoms with Crippen molar-refractivity contribution in [3.05, 3.63) is 35.1 Å². The second-order valence-corrected chi connectivity index (χ2v) is 7.46. The van der Waals surface area contributed by atoms with Crippen LogP contribution in [0.2, 0.25) is 5.02 Å². The quantitative estimate of drug-likeness (QED) is 0.703. The standard InChI is InChI=1S/C17H23ClN4O2S/c1-11(2)22(12(3)4)16(23)10-25-17-19-15(20-21-17)9-24-14-7-5-13(18)6-8-14/h5-8,11-12H,9-10H2,1-4H3,(H,19,20,21). The lowest BCUT2D eigenvalue weighted by molar-refractivity contribution is -0.131. The van der Waals surface area contributed by atoms with Crippen LogP contribution < -0.4 is 4.74 Å². The van der Waals surface area contributed by atoms with Gasteiger partial charge in [0.25, 0.3) is 0 Å². The van der Waals surface area contributed by atoms with Crippen LogP contribution in [0.1, 0.15) is 33.5 Å². The second kappa shape index (κ2) is 9.10. The average Bonchev–Trinajstić information content (AvgIpc) is 2.99. The van der Waals surface area contributed by atoms with Crippen LogP contribution in [0.15, 0.2) is 29.4 Å². The highest BCUT2D eigenvalue weighted by molar-refractivity contribution is 7.99. The first-order valence-electron chi connectivity index (χ1n) is 8.10. The molecule has 1 N–H and O–H groups in total. The van der Waals surface area contributed by atoms with Crippen molar-refractivity contribution in [2.75, 3.05) is 5.75 Å². The minimum absolute atomic E-state index is 0.0822. The maximum atomic E-state index is 12.3. The number of thioether (sulfide) groups is 1. The lowest BCUT2D eigenvalue weighted by Gasteiger charge is -2.30. The monoisotopic (exact) mass is 382 g/mol. The SMILES string of the molecule is CC(C)N(C(=O)CSc1n[nH]c(COc2ccc(Cl)cc2)n1)C(C)C.